The number of hydrogen-bond donors (Lipinski definition) is 0. The van der Waals surface area contributed by atoms with Crippen molar-refractivity contribution < 1.29 is 14.4 Å². The maximum atomic E-state index is 11.0. The van der Waals surface area contributed by atoms with E-state index >= 15 is 0 Å². The van der Waals surface area contributed by atoms with E-state index in [9.17, 15) is 10.1 Å². The second kappa shape index (κ2) is 3.91. The number of hydrogen-bond acceptors (Lipinski definition) is 4. The van der Waals surface area contributed by atoms with E-state index in [1.165, 1.54) is 6.07 Å². The van der Waals surface area contributed by atoms with Gasteiger partial charge in [-0.15, -0.1) is 0 Å². The van der Waals surface area contributed by atoms with Crippen LogP contribution in [0.15, 0.2) is 12.1 Å². The smallest absolute Gasteiger partial charge is 0.276 e. The molecule has 0 amide bonds. The van der Waals surface area contributed by atoms with Gasteiger partial charge in [-0.1, -0.05) is 20.8 Å². The van der Waals surface area contributed by atoms with Gasteiger partial charge in [-0.2, -0.15) is 0 Å². The van der Waals surface area contributed by atoms with Crippen molar-refractivity contribution in [2.45, 2.75) is 27.2 Å². The van der Waals surface area contributed by atoms with Gasteiger partial charge in [0.25, 0.3) is 5.69 Å². The van der Waals surface area contributed by atoms with Gasteiger partial charge in [0.1, 0.15) is 0 Å². The average Bonchev–Trinajstić information content (AvgIpc) is 2.60. The maximum absolute atomic E-state index is 11.0. The Labute approximate surface area is 99.5 Å². The summed E-state index contributed by atoms with van der Waals surface area (Å²) >= 11 is 0. The Balaban J connectivity index is 2.45. The molecule has 92 valence electrons. The average molecular weight is 237 g/mol. The van der Waals surface area contributed by atoms with Crippen LogP contribution in [0.25, 0.3) is 0 Å². The van der Waals surface area contributed by atoms with E-state index in [-0.39, 0.29) is 22.8 Å². The van der Waals surface area contributed by atoms with Crippen LogP contribution in [0.3, 0.4) is 0 Å². The molecule has 5 nitrogen and oxygen atoms in total. The van der Waals surface area contributed by atoms with Gasteiger partial charge in [0.05, 0.1) is 11.0 Å². The summed E-state index contributed by atoms with van der Waals surface area (Å²) in [6.07, 6.45) is 0.625. The Morgan fingerprint density at radius 2 is 1.88 bits per heavy atom. The second-order valence-electron chi connectivity index (χ2n) is 5.33. The zero-order valence-corrected chi connectivity index (χ0v) is 10.1. The normalized spacial score (nSPS) is 13.8. The SMILES string of the molecule is CC(C)(C)Cc1cc2c(cc1[N+](=O)[O-])OCO2. The number of benzene rings is 1. The fourth-order valence-corrected chi connectivity index (χ4v) is 1.86. The lowest BCUT2D eigenvalue weighted by Crippen LogP contribution is -2.10. The molecule has 0 atom stereocenters. The molecule has 17 heavy (non-hydrogen) atoms. The predicted molar refractivity (Wildman–Crippen MR) is 62.4 cm³/mol. The molecule has 0 saturated heterocycles. The van der Waals surface area contributed by atoms with Crippen molar-refractivity contribution in [2.75, 3.05) is 6.79 Å². The first-order valence-electron chi connectivity index (χ1n) is 5.44. The first-order valence-corrected chi connectivity index (χ1v) is 5.44. The maximum Gasteiger partial charge on any atom is 0.276 e. The van der Waals surface area contributed by atoms with Crippen LogP contribution in [0, 0.1) is 15.5 Å². The molecule has 1 aliphatic heterocycles. The van der Waals surface area contributed by atoms with Crippen LogP contribution in [-0.4, -0.2) is 11.7 Å². The molecule has 0 radical (unpaired) electrons. The molecule has 1 aliphatic rings. The summed E-state index contributed by atoms with van der Waals surface area (Å²) in [6.45, 7) is 6.26. The van der Waals surface area contributed by atoms with Crippen LogP contribution in [-0.2, 0) is 6.42 Å². The molecule has 0 spiro atoms. The molecule has 0 fully saturated rings. The van der Waals surface area contributed by atoms with Crippen molar-refractivity contribution in [3.05, 3.63) is 27.8 Å². The van der Waals surface area contributed by atoms with Gasteiger partial charge < -0.3 is 9.47 Å². The van der Waals surface area contributed by atoms with Gasteiger partial charge in [-0.25, -0.2) is 0 Å². The molecule has 1 aromatic rings. The van der Waals surface area contributed by atoms with Gasteiger partial charge in [0, 0.05) is 5.56 Å². The van der Waals surface area contributed by atoms with Gasteiger partial charge >= 0.3 is 0 Å². The molecule has 5 heteroatoms. The number of fused-ring (bicyclic) bond motifs is 1. The number of nitro benzene ring substituents is 1. The van der Waals surface area contributed by atoms with Crippen molar-refractivity contribution in [1.82, 2.24) is 0 Å². The highest BCUT2D eigenvalue weighted by Crippen LogP contribution is 2.39. The summed E-state index contributed by atoms with van der Waals surface area (Å²) < 4.78 is 10.4. The molecule has 1 heterocycles. The summed E-state index contributed by atoms with van der Waals surface area (Å²) in [4.78, 5) is 10.6. The quantitative estimate of drug-likeness (QED) is 0.586. The lowest BCUT2D eigenvalue weighted by atomic mass is 9.87. The van der Waals surface area contributed by atoms with E-state index in [1.807, 2.05) is 20.8 Å². The minimum Gasteiger partial charge on any atom is -0.454 e. The van der Waals surface area contributed by atoms with Crippen LogP contribution in [0.4, 0.5) is 5.69 Å². The highest BCUT2D eigenvalue weighted by atomic mass is 16.7. The fourth-order valence-electron chi connectivity index (χ4n) is 1.86. The number of nitro groups is 1. The van der Waals surface area contributed by atoms with E-state index in [1.54, 1.807) is 6.07 Å². The summed E-state index contributed by atoms with van der Waals surface area (Å²) in [6, 6.07) is 3.16. The number of rotatable bonds is 2. The molecule has 2 rings (SSSR count). The second-order valence-corrected chi connectivity index (χ2v) is 5.33. The Bertz CT molecular complexity index is 462. The highest BCUT2D eigenvalue weighted by Gasteiger charge is 2.25. The van der Waals surface area contributed by atoms with E-state index in [4.69, 9.17) is 9.47 Å². The monoisotopic (exact) mass is 237 g/mol. The van der Waals surface area contributed by atoms with E-state index < -0.39 is 0 Å². The highest BCUT2D eigenvalue weighted by molar-refractivity contribution is 5.55. The van der Waals surface area contributed by atoms with Crippen molar-refractivity contribution in [3.8, 4) is 11.5 Å². The Kier molecular flexibility index (Phi) is 2.69. The molecule has 0 bridgehead atoms. The fraction of sp³-hybridized carbons (Fsp3) is 0.500. The third-order valence-electron chi connectivity index (χ3n) is 2.49. The standard InChI is InChI=1S/C12H15NO4/c1-12(2,3)6-8-4-10-11(17-7-16-10)5-9(8)13(14)15/h4-5H,6-7H2,1-3H3. The first kappa shape index (κ1) is 11.7. The van der Waals surface area contributed by atoms with Crippen LogP contribution < -0.4 is 9.47 Å². The van der Waals surface area contributed by atoms with Crippen LogP contribution in [0.1, 0.15) is 26.3 Å². The summed E-state index contributed by atoms with van der Waals surface area (Å²) in [5.41, 5.74) is 0.772. The van der Waals surface area contributed by atoms with Gasteiger partial charge in [-0.3, -0.25) is 10.1 Å². The van der Waals surface area contributed by atoms with E-state index in [0.29, 0.717) is 23.5 Å². The van der Waals surface area contributed by atoms with Crippen LogP contribution in [0.5, 0.6) is 11.5 Å². The van der Waals surface area contributed by atoms with E-state index in [0.717, 1.165) is 0 Å². The van der Waals surface area contributed by atoms with Gasteiger partial charge in [0.15, 0.2) is 11.5 Å². The molecule has 0 aliphatic carbocycles. The lowest BCUT2D eigenvalue weighted by molar-refractivity contribution is -0.385. The van der Waals surface area contributed by atoms with Crippen molar-refractivity contribution >= 4 is 5.69 Å². The van der Waals surface area contributed by atoms with Crippen LogP contribution >= 0.6 is 0 Å². The Morgan fingerprint density at radius 1 is 1.29 bits per heavy atom. The van der Waals surface area contributed by atoms with Crippen molar-refractivity contribution in [3.63, 3.8) is 0 Å². The molecule has 0 saturated carbocycles. The Morgan fingerprint density at radius 3 is 2.41 bits per heavy atom. The topological polar surface area (TPSA) is 61.6 Å². The number of nitrogens with zero attached hydrogens (tertiary/aromatic N) is 1. The minimum absolute atomic E-state index is 0.0154. The molecule has 0 N–H and O–H groups in total. The van der Waals surface area contributed by atoms with Crippen molar-refractivity contribution in [1.29, 1.82) is 0 Å². The minimum atomic E-state index is -0.372. The Hall–Kier alpha value is -1.78. The molecule has 0 unspecified atom stereocenters. The van der Waals surface area contributed by atoms with Crippen LogP contribution in [0.2, 0.25) is 0 Å². The molecular formula is C12H15NO4. The number of ether oxygens (including phenoxy) is 2. The molecule has 0 aromatic heterocycles. The third-order valence-corrected chi connectivity index (χ3v) is 2.49. The summed E-state index contributed by atoms with van der Waals surface area (Å²) in [7, 11) is 0. The molecule has 1 aromatic carbocycles. The zero-order valence-electron chi connectivity index (χ0n) is 10.1. The first-order chi connectivity index (χ1) is 7.87. The predicted octanol–water partition coefficient (Wildman–Crippen LogP) is 2.91. The lowest BCUT2D eigenvalue weighted by Gasteiger charge is -2.18. The largest absolute Gasteiger partial charge is 0.454 e. The third kappa shape index (κ3) is 2.49. The van der Waals surface area contributed by atoms with E-state index in [2.05, 4.69) is 0 Å². The molecular weight excluding hydrogens is 222 g/mol. The van der Waals surface area contributed by atoms with Gasteiger partial charge in [-0.05, 0) is 17.9 Å². The van der Waals surface area contributed by atoms with Gasteiger partial charge in [0.2, 0.25) is 6.79 Å². The summed E-state index contributed by atoms with van der Waals surface area (Å²) in [5.74, 6) is 1.05. The zero-order chi connectivity index (χ0) is 12.6. The summed E-state index contributed by atoms with van der Waals surface area (Å²) in [5, 5.41) is 11.0. The van der Waals surface area contributed by atoms with Crippen molar-refractivity contribution in [2.24, 2.45) is 5.41 Å².